The zero-order valence-electron chi connectivity index (χ0n) is 69.5. The Balaban J connectivity index is 0.000000164. The van der Waals surface area contributed by atoms with Gasteiger partial charge in [-0.2, -0.15) is 0 Å². The monoisotopic (exact) mass is 1700 g/mol. The summed E-state index contributed by atoms with van der Waals surface area (Å²) in [6.07, 6.45) is 5.03. The molecule has 0 spiro atoms. The van der Waals surface area contributed by atoms with Gasteiger partial charge in [0.15, 0.2) is 19.8 Å². The van der Waals surface area contributed by atoms with E-state index in [4.69, 9.17) is 69.0 Å². The van der Waals surface area contributed by atoms with E-state index in [1.165, 1.54) is 13.2 Å². The van der Waals surface area contributed by atoms with Crippen LogP contribution in [0.3, 0.4) is 0 Å². The van der Waals surface area contributed by atoms with E-state index in [2.05, 4.69) is 29.8 Å². The first-order chi connectivity index (χ1) is 57.1. The number of carbonyl (C=O) groups is 8. The quantitative estimate of drug-likeness (QED) is 0.0473. The topological polar surface area (TPSA) is 283 Å². The van der Waals surface area contributed by atoms with Crippen molar-refractivity contribution in [3.63, 3.8) is 0 Å². The fourth-order valence-electron chi connectivity index (χ4n) is 16.2. The molecule has 5 fully saturated rings. The van der Waals surface area contributed by atoms with Crippen molar-refractivity contribution >= 4 is 99.6 Å². The second-order valence-electron chi connectivity index (χ2n) is 32.9. The molecule has 0 unspecified atom stereocenters. The zero-order chi connectivity index (χ0) is 84.9. The number of benzene rings is 6. The molecular formula is C89H115Cl3N12O15. The number of nitrogens with zero attached hydrogens (tertiary/aromatic N) is 10. The van der Waals surface area contributed by atoms with Gasteiger partial charge in [-0.1, -0.05) is 89.4 Å². The third kappa shape index (κ3) is 25.6. The molecule has 14 rings (SSSR count). The molecule has 0 aliphatic carbocycles. The fourth-order valence-corrected chi connectivity index (χ4v) is 16.7. The lowest BCUT2D eigenvalue weighted by atomic mass is 9.86. The van der Waals surface area contributed by atoms with Gasteiger partial charge in [0.25, 0.3) is 23.6 Å². The van der Waals surface area contributed by atoms with Gasteiger partial charge < -0.3 is 83.8 Å². The number of amides is 6. The maximum absolute atomic E-state index is 13.3. The number of ether oxygens (including phenoxy) is 6. The van der Waals surface area contributed by atoms with E-state index in [1.54, 1.807) is 32.9 Å². The van der Waals surface area contributed by atoms with E-state index in [1.807, 2.05) is 154 Å². The molecule has 0 saturated carbocycles. The van der Waals surface area contributed by atoms with Crippen molar-refractivity contribution in [3.05, 3.63) is 176 Å². The summed E-state index contributed by atoms with van der Waals surface area (Å²) in [5.41, 5.74) is 11.5. The number of piperidine rings is 3. The largest absolute Gasteiger partial charge is 0.482 e. The van der Waals surface area contributed by atoms with E-state index in [-0.39, 0.29) is 73.4 Å². The van der Waals surface area contributed by atoms with E-state index in [9.17, 15) is 43.5 Å². The SMILES string of the molecule is CC(C)(C)OC(=O)N1CCN(CCN)CC1.CC(C)(C)OC(=O)N1CCN(CCNC(=O)c2cc(Cl)ccc2C2CCN(CCN3C(=O)COc4ccccc43)CC2)CC1.COC(=O)c1cc(Cl)ccc1C1CCN(CCN2C(=O)COc3ccccc32)CC1.O=C(O)c1cc(Cl)ccc1C1CCN(CCN2C(=O)COc3ccccc32)CC1. The maximum atomic E-state index is 13.3. The molecule has 8 heterocycles. The molecule has 6 amide bonds. The molecule has 119 heavy (non-hydrogen) atoms. The number of methoxy groups -OCH3 is 1. The predicted molar refractivity (Wildman–Crippen MR) is 461 cm³/mol. The summed E-state index contributed by atoms with van der Waals surface area (Å²) in [4.78, 5) is 119. The van der Waals surface area contributed by atoms with Crippen LogP contribution >= 0.6 is 34.8 Å². The highest BCUT2D eigenvalue weighted by molar-refractivity contribution is 6.31. The molecule has 0 bridgehead atoms. The molecule has 642 valence electrons. The summed E-state index contributed by atoms with van der Waals surface area (Å²) in [5, 5.41) is 14.1. The van der Waals surface area contributed by atoms with Crippen molar-refractivity contribution in [1.82, 2.24) is 39.6 Å². The first-order valence-corrected chi connectivity index (χ1v) is 42.5. The molecule has 0 aromatic heterocycles. The number of piperazine rings is 2. The van der Waals surface area contributed by atoms with Crippen molar-refractivity contribution in [1.29, 1.82) is 0 Å². The van der Waals surface area contributed by atoms with Crippen LogP contribution in [0.25, 0.3) is 0 Å². The lowest BCUT2D eigenvalue weighted by molar-refractivity contribution is -0.122. The van der Waals surface area contributed by atoms with Gasteiger partial charge in [0.05, 0.1) is 35.3 Å². The summed E-state index contributed by atoms with van der Waals surface area (Å²) in [6.45, 7) is 29.8. The Morgan fingerprint density at radius 3 is 1.09 bits per heavy atom. The van der Waals surface area contributed by atoms with Crippen LogP contribution < -0.4 is 40.0 Å². The first kappa shape index (κ1) is 90.5. The lowest BCUT2D eigenvalue weighted by Crippen LogP contribution is -2.51. The van der Waals surface area contributed by atoms with Crippen LogP contribution in [0.2, 0.25) is 15.1 Å². The van der Waals surface area contributed by atoms with Crippen LogP contribution in [-0.4, -0.2) is 282 Å². The third-order valence-electron chi connectivity index (χ3n) is 22.6. The van der Waals surface area contributed by atoms with Gasteiger partial charge in [0, 0.05) is 138 Å². The standard InChI is InChI=1S/C33H44ClN5O5.C23H25ClN2O4.C22H23ClN2O4.C11H23N3O2/c1-33(2,3)44-32(42)38-19-16-37(17-20-38)15-12-35-31(41)27-22-25(34)8-9-26(27)24-10-13-36(14-11-24)18-21-39-28-6-4-5-7-29(28)43-23-30(39)40;1-29-23(28)19-14-17(24)6-7-18(19)16-8-10-25(11-9-16)12-13-26-20-4-2-3-5-21(20)30-15-22(26)27;23-16-5-6-17(18(13-16)22(27)28)15-7-9-24(10-8-15)11-12-25-19-3-1-2-4-20(19)29-14-21(25)26;1-11(2,3)16-10(15)14-8-6-13(5-4-12)7-9-14/h4-9,22,24H,10-21,23H2,1-3H3,(H,35,41);2-7,14,16H,8-13,15H2,1H3;1-6,13,15H,7-12,14H2,(H,27,28);4-9,12H2,1-3H3. The number of carbonyl (C=O) groups excluding carboxylic acids is 7. The normalized spacial score (nSPS) is 18.0. The number of halogens is 3. The molecule has 8 aliphatic heterocycles. The Kier molecular flexibility index (Phi) is 32.5. The number of fused-ring (bicyclic) bond motifs is 3. The number of esters is 1. The summed E-state index contributed by atoms with van der Waals surface area (Å²) >= 11 is 18.4. The van der Waals surface area contributed by atoms with Gasteiger partial charge in [0.1, 0.15) is 28.5 Å². The molecule has 0 radical (unpaired) electrons. The van der Waals surface area contributed by atoms with Crippen LogP contribution in [0.1, 0.15) is 146 Å². The Hall–Kier alpha value is -9.29. The maximum Gasteiger partial charge on any atom is 0.410 e. The van der Waals surface area contributed by atoms with Crippen molar-refractivity contribution in [2.75, 3.05) is 199 Å². The highest BCUT2D eigenvalue weighted by atomic mass is 35.5. The second-order valence-corrected chi connectivity index (χ2v) is 34.2. The number of hydrogen-bond donors (Lipinski definition) is 3. The highest BCUT2D eigenvalue weighted by Crippen LogP contribution is 2.39. The zero-order valence-corrected chi connectivity index (χ0v) is 71.8. The minimum absolute atomic E-state index is 0.00697. The lowest BCUT2D eigenvalue weighted by Gasteiger charge is -2.36. The molecule has 8 aliphatic rings. The highest BCUT2D eigenvalue weighted by Gasteiger charge is 2.35. The first-order valence-electron chi connectivity index (χ1n) is 41.4. The number of para-hydroxylation sites is 6. The summed E-state index contributed by atoms with van der Waals surface area (Å²) in [7, 11) is 1.39. The summed E-state index contributed by atoms with van der Waals surface area (Å²) < 4.78 is 32.3. The van der Waals surface area contributed by atoms with Crippen LogP contribution in [0, 0.1) is 0 Å². The number of likely N-dealkylation sites (tertiary alicyclic amines) is 3. The number of anilines is 3. The third-order valence-corrected chi connectivity index (χ3v) is 23.3. The van der Waals surface area contributed by atoms with Crippen LogP contribution in [0.4, 0.5) is 26.7 Å². The number of carboxylic acid groups (broad SMARTS) is 1. The van der Waals surface area contributed by atoms with Crippen LogP contribution in [0.15, 0.2) is 127 Å². The van der Waals surface area contributed by atoms with Crippen LogP contribution in [0.5, 0.6) is 17.2 Å². The van der Waals surface area contributed by atoms with E-state index in [0.717, 1.165) is 194 Å². The van der Waals surface area contributed by atoms with Gasteiger partial charge in [-0.15, -0.1) is 0 Å². The van der Waals surface area contributed by atoms with E-state index >= 15 is 0 Å². The molecule has 0 atom stereocenters. The average molecular weight is 1700 g/mol. The molecule has 4 N–H and O–H groups in total. The van der Waals surface area contributed by atoms with Gasteiger partial charge in [0.2, 0.25) is 0 Å². The number of aromatic carboxylic acids is 1. The Bertz CT molecular complexity index is 4470. The van der Waals surface area contributed by atoms with Gasteiger partial charge in [-0.05, 0) is 227 Å². The number of carboxylic acids is 1. The van der Waals surface area contributed by atoms with E-state index < -0.39 is 17.2 Å². The summed E-state index contributed by atoms with van der Waals surface area (Å²) in [5.74, 6) is 1.57. The number of nitrogens with two attached hydrogens (primary N) is 1. The molecule has 5 saturated heterocycles. The Morgan fingerprint density at radius 1 is 0.429 bits per heavy atom. The van der Waals surface area contributed by atoms with E-state index in [0.29, 0.717) is 90.0 Å². The average Bonchev–Trinajstić information content (AvgIpc) is 0.810. The van der Waals surface area contributed by atoms with Crippen LogP contribution in [-0.2, 0) is 28.6 Å². The smallest absolute Gasteiger partial charge is 0.410 e. The van der Waals surface area contributed by atoms with Crippen molar-refractivity contribution in [2.45, 2.75) is 109 Å². The second kappa shape index (κ2) is 42.8. The molecule has 6 aromatic rings. The Labute approximate surface area is 713 Å². The number of nitrogens with one attached hydrogen (secondary N) is 1. The molecule has 30 heteroatoms. The molecule has 27 nitrogen and oxygen atoms in total. The predicted octanol–water partition coefficient (Wildman–Crippen LogP) is 12.1. The number of hydrogen-bond acceptors (Lipinski definition) is 20. The van der Waals surface area contributed by atoms with Gasteiger partial charge in [-0.25, -0.2) is 19.2 Å². The van der Waals surface area contributed by atoms with Crippen molar-refractivity contribution in [2.24, 2.45) is 5.73 Å². The minimum Gasteiger partial charge on any atom is -0.482 e. The fraction of sp³-hybridized carbons (Fsp3) is 0.506. The molecular weight excluding hydrogens is 1580 g/mol. The summed E-state index contributed by atoms with van der Waals surface area (Å²) in [6, 6.07) is 39.2. The minimum atomic E-state index is -0.936. The van der Waals surface area contributed by atoms with Crippen molar-refractivity contribution in [3.8, 4) is 17.2 Å². The Morgan fingerprint density at radius 2 is 0.748 bits per heavy atom. The number of rotatable bonds is 20. The van der Waals surface area contributed by atoms with Gasteiger partial charge in [-0.3, -0.25) is 29.0 Å². The molecule has 6 aromatic carbocycles. The van der Waals surface area contributed by atoms with Gasteiger partial charge >= 0.3 is 24.1 Å². The van der Waals surface area contributed by atoms with Crippen molar-refractivity contribution < 1.29 is 71.9 Å².